The molecule has 0 fully saturated rings. The largest absolute Gasteiger partial charge is 0.494 e. The normalized spacial score (nSPS) is 12.4. The molecule has 2 rings (SSSR count). The molecule has 1 unspecified atom stereocenters. The van der Waals surface area contributed by atoms with Gasteiger partial charge in [-0.1, -0.05) is 6.07 Å². The smallest absolute Gasteiger partial charge is 0.165 e. The first-order valence-corrected chi connectivity index (χ1v) is 5.90. The van der Waals surface area contributed by atoms with Gasteiger partial charge >= 0.3 is 0 Å². The number of hydrogen-bond acceptors (Lipinski definition) is 4. The summed E-state index contributed by atoms with van der Waals surface area (Å²) < 4.78 is 20.4. The number of benzene rings is 1. The standard InChI is InChI=1S/C13H17FN4O/c1-18-8-16-7-12(18)11(17-15)6-9-3-4-13(19-2)10(14)5-9/h3-5,7-8,11,17H,6,15H2,1-2H3. The number of methoxy groups -OCH3 is 1. The third-order valence-electron chi connectivity index (χ3n) is 3.07. The molecular weight excluding hydrogens is 247 g/mol. The highest BCUT2D eigenvalue weighted by molar-refractivity contribution is 5.30. The number of aryl methyl sites for hydroxylation is 1. The van der Waals surface area contributed by atoms with Gasteiger partial charge in [-0.05, 0) is 24.1 Å². The van der Waals surface area contributed by atoms with Crippen LogP contribution in [0.2, 0.25) is 0 Å². The molecule has 5 nitrogen and oxygen atoms in total. The predicted molar refractivity (Wildman–Crippen MR) is 69.9 cm³/mol. The Bertz CT molecular complexity index is 555. The summed E-state index contributed by atoms with van der Waals surface area (Å²) in [7, 11) is 3.33. The van der Waals surface area contributed by atoms with Crippen LogP contribution in [0.1, 0.15) is 17.3 Å². The van der Waals surface area contributed by atoms with Crippen LogP contribution in [-0.4, -0.2) is 16.7 Å². The fourth-order valence-corrected chi connectivity index (χ4v) is 2.02. The highest BCUT2D eigenvalue weighted by Crippen LogP contribution is 2.22. The number of nitrogens with zero attached hydrogens (tertiary/aromatic N) is 2. The van der Waals surface area contributed by atoms with Crippen molar-refractivity contribution in [2.45, 2.75) is 12.5 Å². The van der Waals surface area contributed by atoms with Crippen LogP contribution >= 0.6 is 0 Å². The average Bonchev–Trinajstić information content (AvgIpc) is 2.82. The van der Waals surface area contributed by atoms with E-state index in [2.05, 4.69) is 10.4 Å². The van der Waals surface area contributed by atoms with Crippen molar-refractivity contribution in [1.82, 2.24) is 15.0 Å². The van der Waals surface area contributed by atoms with Crippen molar-refractivity contribution in [3.8, 4) is 5.75 Å². The van der Waals surface area contributed by atoms with Gasteiger partial charge < -0.3 is 9.30 Å². The molecule has 6 heteroatoms. The van der Waals surface area contributed by atoms with Crippen LogP contribution in [0.5, 0.6) is 5.75 Å². The first-order chi connectivity index (χ1) is 9.15. The molecule has 0 saturated heterocycles. The van der Waals surface area contributed by atoms with Crippen molar-refractivity contribution in [3.63, 3.8) is 0 Å². The molecule has 3 N–H and O–H groups in total. The molecule has 1 aromatic carbocycles. The van der Waals surface area contributed by atoms with Crippen molar-refractivity contribution in [3.05, 3.63) is 47.8 Å². The average molecular weight is 264 g/mol. The zero-order chi connectivity index (χ0) is 13.8. The molecule has 2 aromatic rings. The first-order valence-electron chi connectivity index (χ1n) is 5.90. The topological polar surface area (TPSA) is 65.1 Å². The summed E-state index contributed by atoms with van der Waals surface area (Å²) in [5.74, 6) is 5.43. The molecule has 1 aromatic heterocycles. The third-order valence-corrected chi connectivity index (χ3v) is 3.07. The maximum atomic E-state index is 13.6. The summed E-state index contributed by atoms with van der Waals surface area (Å²) in [5, 5.41) is 0. The van der Waals surface area contributed by atoms with Gasteiger partial charge in [0.1, 0.15) is 0 Å². The van der Waals surface area contributed by atoms with Gasteiger partial charge in [-0.2, -0.15) is 0 Å². The molecule has 1 atom stereocenters. The van der Waals surface area contributed by atoms with Crippen molar-refractivity contribution in [2.24, 2.45) is 12.9 Å². The van der Waals surface area contributed by atoms with Crippen LogP contribution in [0.4, 0.5) is 4.39 Å². The molecule has 0 amide bonds. The first kappa shape index (κ1) is 13.5. The number of ether oxygens (including phenoxy) is 1. The Kier molecular flexibility index (Phi) is 4.13. The second-order valence-corrected chi connectivity index (χ2v) is 4.32. The molecular formula is C13H17FN4O. The Morgan fingerprint density at radius 3 is 2.84 bits per heavy atom. The number of nitrogens with two attached hydrogens (primary N) is 1. The highest BCUT2D eigenvalue weighted by Gasteiger charge is 2.15. The zero-order valence-electron chi connectivity index (χ0n) is 10.9. The molecule has 0 saturated carbocycles. The summed E-state index contributed by atoms with van der Waals surface area (Å²) >= 11 is 0. The van der Waals surface area contributed by atoms with E-state index in [4.69, 9.17) is 10.6 Å². The fourth-order valence-electron chi connectivity index (χ4n) is 2.02. The lowest BCUT2D eigenvalue weighted by molar-refractivity contribution is 0.386. The van der Waals surface area contributed by atoms with Gasteiger partial charge in [0.25, 0.3) is 0 Å². The van der Waals surface area contributed by atoms with Crippen LogP contribution in [-0.2, 0) is 13.5 Å². The van der Waals surface area contributed by atoms with Crippen LogP contribution in [0, 0.1) is 5.82 Å². The number of hydrogen-bond donors (Lipinski definition) is 2. The molecule has 0 spiro atoms. The minimum absolute atomic E-state index is 0.125. The summed E-state index contributed by atoms with van der Waals surface area (Å²) in [5.41, 5.74) is 4.51. The van der Waals surface area contributed by atoms with E-state index in [1.165, 1.54) is 13.2 Å². The minimum Gasteiger partial charge on any atom is -0.494 e. The van der Waals surface area contributed by atoms with Gasteiger partial charge in [0.05, 0.1) is 25.2 Å². The van der Waals surface area contributed by atoms with Gasteiger partial charge in [-0.15, -0.1) is 0 Å². The van der Waals surface area contributed by atoms with Crippen LogP contribution in [0.15, 0.2) is 30.7 Å². The molecule has 102 valence electrons. The molecule has 1 heterocycles. The Morgan fingerprint density at radius 2 is 2.32 bits per heavy atom. The van der Waals surface area contributed by atoms with Crippen molar-refractivity contribution >= 4 is 0 Å². The van der Waals surface area contributed by atoms with E-state index in [9.17, 15) is 4.39 Å². The minimum atomic E-state index is -0.374. The van der Waals surface area contributed by atoms with Gasteiger partial charge in [0.2, 0.25) is 0 Å². The summed E-state index contributed by atoms with van der Waals surface area (Å²) in [6.45, 7) is 0. The summed E-state index contributed by atoms with van der Waals surface area (Å²) in [4.78, 5) is 4.05. The summed E-state index contributed by atoms with van der Waals surface area (Å²) in [6.07, 6.45) is 4.01. The Hall–Kier alpha value is -1.92. The molecule has 0 aliphatic carbocycles. The van der Waals surface area contributed by atoms with Crippen LogP contribution in [0.25, 0.3) is 0 Å². The number of aromatic nitrogens is 2. The van der Waals surface area contributed by atoms with E-state index in [-0.39, 0.29) is 17.6 Å². The number of hydrazine groups is 1. The van der Waals surface area contributed by atoms with E-state index in [0.717, 1.165) is 11.3 Å². The van der Waals surface area contributed by atoms with Crippen molar-refractivity contribution < 1.29 is 9.13 Å². The van der Waals surface area contributed by atoms with E-state index in [1.807, 2.05) is 17.7 Å². The zero-order valence-corrected chi connectivity index (χ0v) is 10.9. The quantitative estimate of drug-likeness (QED) is 0.631. The lowest BCUT2D eigenvalue weighted by Crippen LogP contribution is -2.30. The molecule has 0 aliphatic rings. The predicted octanol–water partition coefficient (Wildman–Crippen LogP) is 1.31. The molecule has 19 heavy (non-hydrogen) atoms. The maximum absolute atomic E-state index is 13.6. The Morgan fingerprint density at radius 1 is 1.53 bits per heavy atom. The Balaban J connectivity index is 2.19. The van der Waals surface area contributed by atoms with E-state index >= 15 is 0 Å². The number of imidazole rings is 1. The van der Waals surface area contributed by atoms with Crippen molar-refractivity contribution in [2.75, 3.05) is 7.11 Å². The second-order valence-electron chi connectivity index (χ2n) is 4.32. The highest BCUT2D eigenvalue weighted by atomic mass is 19.1. The van der Waals surface area contributed by atoms with Gasteiger partial charge in [0, 0.05) is 13.2 Å². The molecule has 0 radical (unpaired) electrons. The monoisotopic (exact) mass is 264 g/mol. The number of halogens is 1. The molecule has 0 bridgehead atoms. The van der Waals surface area contributed by atoms with Gasteiger partial charge in [-0.3, -0.25) is 11.3 Å². The Labute approximate surface area is 111 Å². The van der Waals surface area contributed by atoms with E-state index < -0.39 is 0 Å². The second kappa shape index (κ2) is 5.81. The van der Waals surface area contributed by atoms with Crippen LogP contribution in [0.3, 0.4) is 0 Å². The number of nitrogens with one attached hydrogen (secondary N) is 1. The van der Waals surface area contributed by atoms with Crippen molar-refractivity contribution in [1.29, 1.82) is 0 Å². The maximum Gasteiger partial charge on any atom is 0.165 e. The summed E-state index contributed by atoms with van der Waals surface area (Å²) in [6, 6.07) is 4.77. The lowest BCUT2D eigenvalue weighted by Gasteiger charge is -2.16. The van der Waals surface area contributed by atoms with Gasteiger partial charge in [-0.25, -0.2) is 9.37 Å². The fraction of sp³-hybridized carbons (Fsp3) is 0.308. The SMILES string of the molecule is COc1ccc(CC(NN)c2cncn2C)cc1F. The third kappa shape index (κ3) is 2.91. The number of rotatable bonds is 5. The van der Waals surface area contributed by atoms with Gasteiger partial charge in [0.15, 0.2) is 11.6 Å². The molecule has 0 aliphatic heterocycles. The van der Waals surface area contributed by atoms with Crippen LogP contribution < -0.4 is 16.0 Å². The lowest BCUT2D eigenvalue weighted by atomic mass is 10.0. The van der Waals surface area contributed by atoms with E-state index in [0.29, 0.717) is 6.42 Å². The van der Waals surface area contributed by atoms with E-state index in [1.54, 1.807) is 18.6 Å².